The summed E-state index contributed by atoms with van der Waals surface area (Å²) in [5.41, 5.74) is -1.22. The number of hydrogen-bond acceptors (Lipinski definition) is 3. The van der Waals surface area contributed by atoms with E-state index < -0.39 is 23.3 Å². The number of nitrogens with zero attached hydrogens (tertiary/aromatic N) is 3. The van der Waals surface area contributed by atoms with Crippen molar-refractivity contribution in [2.24, 2.45) is 0 Å². The van der Waals surface area contributed by atoms with Gasteiger partial charge in [0, 0.05) is 22.2 Å². The molecule has 0 atom stereocenters. The van der Waals surface area contributed by atoms with Crippen molar-refractivity contribution in [2.45, 2.75) is 32.5 Å². The summed E-state index contributed by atoms with van der Waals surface area (Å²) in [6.07, 6.45) is -4.67. The van der Waals surface area contributed by atoms with Gasteiger partial charge in [0.25, 0.3) is 5.91 Å². The Kier molecular flexibility index (Phi) is 4.63. The van der Waals surface area contributed by atoms with Crippen LogP contribution in [0.15, 0.2) is 36.4 Å². The Balaban J connectivity index is 2.16. The lowest BCUT2D eigenvalue weighted by Gasteiger charge is -2.19. The van der Waals surface area contributed by atoms with Gasteiger partial charge in [0.1, 0.15) is 0 Å². The fourth-order valence-electron chi connectivity index (χ4n) is 2.46. The van der Waals surface area contributed by atoms with Crippen LogP contribution in [-0.4, -0.2) is 26.0 Å². The first-order valence-corrected chi connectivity index (χ1v) is 8.38. The third-order valence-electron chi connectivity index (χ3n) is 3.58. The predicted molar refractivity (Wildman–Crippen MR) is 95.7 cm³/mol. The minimum absolute atomic E-state index is 0.0752. The molecular formula is C18H16ClF3N4O. The molecule has 0 aliphatic heterocycles. The van der Waals surface area contributed by atoms with Crippen molar-refractivity contribution in [1.82, 2.24) is 19.9 Å². The van der Waals surface area contributed by atoms with Crippen molar-refractivity contribution < 1.29 is 18.0 Å². The van der Waals surface area contributed by atoms with Gasteiger partial charge in [-0.25, -0.2) is 9.50 Å². The van der Waals surface area contributed by atoms with E-state index in [1.807, 2.05) is 0 Å². The first-order chi connectivity index (χ1) is 12.4. The highest BCUT2D eigenvalue weighted by atomic mass is 35.5. The first-order valence-electron chi connectivity index (χ1n) is 8.00. The zero-order chi connectivity index (χ0) is 20.0. The molecule has 27 heavy (non-hydrogen) atoms. The Morgan fingerprint density at radius 2 is 1.74 bits per heavy atom. The zero-order valence-corrected chi connectivity index (χ0v) is 15.5. The summed E-state index contributed by atoms with van der Waals surface area (Å²) in [6, 6.07) is 8.41. The highest BCUT2D eigenvalue weighted by Gasteiger charge is 2.35. The van der Waals surface area contributed by atoms with Gasteiger partial charge in [-0.3, -0.25) is 4.79 Å². The summed E-state index contributed by atoms with van der Waals surface area (Å²) in [6.45, 7) is 5.29. The van der Waals surface area contributed by atoms with Gasteiger partial charge >= 0.3 is 6.18 Å². The quantitative estimate of drug-likeness (QED) is 0.688. The molecule has 0 saturated heterocycles. The normalized spacial score (nSPS) is 12.4. The molecule has 0 saturated carbocycles. The van der Waals surface area contributed by atoms with Gasteiger partial charge in [-0.1, -0.05) is 23.7 Å². The SMILES string of the molecule is CC(C)(C)NC(=O)c1cc2nc(-c3ccc(Cl)cc3)cc(C(F)(F)F)n2n1. The highest BCUT2D eigenvalue weighted by molar-refractivity contribution is 6.30. The van der Waals surface area contributed by atoms with Gasteiger partial charge in [0.2, 0.25) is 0 Å². The molecule has 0 unspecified atom stereocenters. The number of fused-ring (bicyclic) bond motifs is 1. The second-order valence-electron chi connectivity index (χ2n) is 7.03. The van der Waals surface area contributed by atoms with E-state index in [9.17, 15) is 18.0 Å². The number of benzene rings is 1. The van der Waals surface area contributed by atoms with Crippen LogP contribution in [0.3, 0.4) is 0 Å². The Hall–Kier alpha value is -2.61. The van der Waals surface area contributed by atoms with Crippen molar-refractivity contribution in [3.8, 4) is 11.3 Å². The summed E-state index contributed by atoms with van der Waals surface area (Å²) in [5.74, 6) is -0.575. The number of hydrogen-bond donors (Lipinski definition) is 1. The molecule has 1 N–H and O–H groups in total. The monoisotopic (exact) mass is 396 g/mol. The maximum atomic E-state index is 13.5. The maximum absolute atomic E-state index is 13.5. The standard InChI is InChI=1S/C18H16ClF3N4O/c1-17(2,3)24-16(27)13-9-15-23-12(10-4-6-11(19)7-5-10)8-14(18(20,21)22)26(15)25-13/h4-9H,1-3H3,(H,24,27). The Labute approximate surface area is 158 Å². The van der Waals surface area contributed by atoms with Gasteiger partial charge in [-0.15, -0.1) is 0 Å². The minimum atomic E-state index is -4.67. The largest absolute Gasteiger partial charge is 0.433 e. The van der Waals surface area contributed by atoms with Crippen molar-refractivity contribution in [3.63, 3.8) is 0 Å². The molecule has 5 nitrogen and oxygen atoms in total. The van der Waals surface area contributed by atoms with E-state index in [1.54, 1.807) is 45.0 Å². The number of halogens is 4. The number of carbonyl (C=O) groups excluding carboxylic acids is 1. The number of alkyl halides is 3. The Morgan fingerprint density at radius 1 is 1.11 bits per heavy atom. The van der Waals surface area contributed by atoms with Gasteiger partial charge in [-0.2, -0.15) is 18.3 Å². The van der Waals surface area contributed by atoms with E-state index in [0.29, 0.717) is 15.1 Å². The van der Waals surface area contributed by atoms with Gasteiger partial charge in [0.05, 0.1) is 5.69 Å². The van der Waals surface area contributed by atoms with E-state index >= 15 is 0 Å². The minimum Gasteiger partial charge on any atom is -0.346 e. The van der Waals surface area contributed by atoms with Crippen LogP contribution in [0.5, 0.6) is 0 Å². The second kappa shape index (κ2) is 6.53. The fraction of sp³-hybridized carbons (Fsp3) is 0.278. The molecule has 0 aliphatic rings. The molecule has 2 heterocycles. The van der Waals surface area contributed by atoms with Crippen LogP contribution in [0.2, 0.25) is 5.02 Å². The average molecular weight is 397 g/mol. The third-order valence-corrected chi connectivity index (χ3v) is 3.83. The van der Waals surface area contributed by atoms with Crippen LogP contribution >= 0.6 is 11.6 Å². The summed E-state index contributed by atoms with van der Waals surface area (Å²) in [7, 11) is 0. The van der Waals surface area contributed by atoms with Gasteiger partial charge in [-0.05, 0) is 39.0 Å². The highest BCUT2D eigenvalue weighted by Crippen LogP contribution is 2.32. The van der Waals surface area contributed by atoms with E-state index in [1.165, 1.54) is 6.07 Å². The molecule has 0 fully saturated rings. The van der Waals surface area contributed by atoms with E-state index in [4.69, 9.17) is 11.6 Å². The average Bonchev–Trinajstić information content (AvgIpc) is 2.96. The summed E-state index contributed by atoms with van der Waals surface area (Å²) in [4.78, 5) is 16.5. The molecule has 0 spiro atoms. The van der Waals surface area contributed by atoms with Crippen molar-refractivity contribution >= 4 is 23.2 Å². The van der Waals surface area contributed by atoms with Crippen molar-refractivity contribution in [3.05, 3.63) is 52.8 Å². The van der Waals surface area contributed by atoms with Crippen LogP contribution in [0.1, 0.15) is 37.0 Å². The number of rotatable bonds is 2. The lowest BCUT2D eigenvalue weighted by Crippen LogP contribution is -2.40. The second-order valence-corrected chi connectivity index (χ2v) is 7.47. The number of carbonyl (C=O) groups is 1. The summed E-state index contributed by atoms with van der Waals surface area (Å²) >= 11 is 5.83. The predicted octanol–water partition coefficient (Wildman–Crippen LogP) is 4.60. The smallest absolute Gasteiger partial charge is 0.346 e. The number of nitrogens with one attached hydrogen (secondary N) is 1. The Morgan fingerprint density at radius 3 is 2.30 bits per heavy atom. The van der Waals surface area contributed by atoms with Crippen LogP contribution in [0, 0.1) is 0 Å². The summed E-state index contributed by atoms with van der Waals surface area (Å²) in [5, 5.41) is 6.94. The van der Waals surface area contributed by atoms with Crippen molar-refractivity contribution in [1.29, 1.82) is 0 Å². The maximum Gasteiger partial charge on any atom is 0.433 e. The molecule has 0 bridgehead atoms. The molecule has 142 valence electrons. The van der Waals surface area contributed by atoms with Crippen LogP contribution in [-0.2, 0) is 6.18 Å². The molecule has 1 aromatic carbocycles. The van der Waals surface area contributed by atoms with Crippen LogP contribution in [0.25, 0.3) is 16.9 Å². The van der Waals surface area contributed by atoms with Crippen molar-refractivity contribution in [2.75, 3.05) is 0 Å². The third kappa shape index (κ3) is 4.21. The van der Waals surface area contributed by atoms with E-state index in [2.05, 4.69) is 15.4 Å². The van der Waals surface area contributed by atoms with Crippen LogP contribution in [0.4, 0.5) is 13.2 Å². The fourth-order valence-corrected chi connectivity index (χ4v) is 2.59. The van der Waals surface area contributed by atoms with Gasteiger partial charge in [0.15, 0.2) is 17.0 Å². The topological polar surface area (TPSA) is 59.3 Å². The van der Waals surface area contributed by atoms with Crippen LogP contribution < -0.4 is 5.32 Å². The lowest BCUT2D eigenvalue weighted by atomic mass is 10.1. The number of aromatic nitrogens is 3. The molecule has 3 aromatic rings. The molecule has 0 radical (unpaired) electrons. The Bertz CT molecular complexity index is 1000. The molecule has 0 aliphatic carbocycles. The molecular weight excluding hydrogens is 381 g/mol. The summed E-state index contributed by atoms with van der Waals surface area (Å²) < 4.78 is 41.3. The number of amides is 1. The van der Waals surface area contributed by atoms with E-state index in [-0.39, 0.29) is 17.0 Å². The first kappa shape index (κ1) is 19.2. The molecule has 3 rings (SSSR count). The van der Waals surface area contributed by atoms with Gasteiger partial charge < -0.3 is 5.32 Å². The zero-order valence-electron chi connectivity index (χ0n) is 14.7. The molecule has 9 heteroatoms. The lowest BCUT2D eigenvalue weighted by molar-refractivity contribution is -0.142. The van der Waals surface area contributed by atoms with E-state index in [0.717, 1.165) is 6.07 Å². The molecule has 1 amide bonds. The molecule has 2 aromatic heterocycles.